The molecule has 2 aromatic carbocycles. The molecule has 5 heteroatoms. The topological polar surface area (TPSA) is 58.2 Å². The van der Waals surface area contributed by atoms with Gasteiger partial charge in [0.2, 0.25) is 5.91 Å². The van der Waals surface area contributed by atoms with Gasteiger partial charge in [0, 0.05) is 6.54 Å². The van der Waals surface area contributed by atoms with E-state index in [9.17, 15) is 9.59 Å². The number of benzene rings is 2. The standard InChI is InChI=1S/C21H25ClN2O2/c1-15(2)19(24-20(25)17-12-6-7-13-18(17)22)21(26)23-14-8-11-16-9-4-3-5-10-16/h3-7,9-10,12-13,15,19H,8,11,14H2,1-2H3,(H,23,26)(H,24,25). The van der Waals surface area contributed by atoms with E-state index in [1.165, 1.54) is 5.56 Å². The van der Waals surface area contributed by atoms with Crippen molar-refractivity contribution in [3.05, 3.63) is 70.7 Å². The monoisotopic (exact) mass is 372 g/mol. The van der Waals surface area contributed by atoms with Crippen molar-refractivity contribution in [2.45, 2.75) is 32.7 Å². The van der Waals surface area contributed by atoms with Gasteiger partial charge in [-0.1, -0.05) is 67.9 Å². The van der Waals surface area contributed by atoms with Crippen molar-refractivity contribution in [3.63, 3.8) is 0 Å². The summed E-state index contributed by atoms with van der Waals surface area (Å²) in [6.07, 6.45) is 1.75. The van der Waals surface area contributed by atoms with Crippen LogP contribution in [0.5, 0.6) is 0 Å². The van der Waals surface area contributed by atoms with Crippen LogP contribution in [0.4, 0.5) is 0 Å². The molecule has 1 unspecified atom stereocenters. The predicted molar refractivity (Wildman–Crippen MR) is 105 cm³/mol. The zero-order valence-corrected chi connectivity index (χ0v) is 15.9. The van der Waals surface area contributed by atoms with Gasteiger partial charge < -0.3 is 10.6 Å². The second-order valence-corrected chi connectivity index (χ2v) is 6.96. The van der Waals surface area contributed by atoms with Crippen LogP contribution >= 0.6 is 11.6 Å². The Labute approximate surface area is 159 Å². The molecular formula is C21H25ClN2O2. The third-order valence-electron chi connectivity index (χ3n) is 4.14. The molecule has 138 valence electrons. The van der Waals surface area contributed by atoms with Gasteiger partial charge in [0.25, 0.3) is 5.91 Å². The summed E-state index contributed by atoms with van der Waals surface area (Å²) in [6, 6.07) is 16.4. The minimum atomic E-state index is -0.601. The molecule has 1 atom stereocenters. The minimum absolute atomic E-state index is 0.0319. The van der Waals surface area contributed by atoms with Crippen LogP contribution in [0.15, 0.2) is 54.6 Å². The van der Waals surface area contributed by atoms with Crippen molar-refractivity contribution in [1.29, 1.82) is 0 Å². The van der Waals surface area contributed by atoms with Crippen molar-refractivity contribution >= 4 is 23.4 Å². The summed E-state index contributed by atoms with van der Waals surface area (Å²) in [7, 11) is 0. The number of carbonyl (C=O) groups is 2. The van der Waals surface area contributed by atoms with E-state index in [0.717, 1.165) is 12.8 Å². The van der Waals surface area contributed by atoms with E-state index in [2.05, 4.69) is 22.8 Å². The molecule has 0 aliphatic carbocycles. The van der Waals surface area contributed by atoms with E-state index in [0.29, 0.717) is 17.1 Å². The average molecular weight is 373 g/mol. The van der Waals surface area contributed by atoms with Crippen LogP contribution in [0, 0.1) is 5.92 Å². The summed E-state index contributed by atoms with van der Waals surface area (Å²) in [5.41, 5.74) is 1.62. The highest BCUT2D eigenvalue weighted by Crippen LogP contribution is 2.15. The fourth-order valence-corrected chi connectivity index (χ4v) is 2.88. The van der Waals surface area contributed by atoms with E-state index in [1.807, 2.05) is 32.0 Å². The van der Waals surface area contributed by atoms with Crippen molar-refractivity contribution in [3.8, 4) is 0 Å². The smallest absolute Gasteiger partial charge is 0.253 e. The first-order valence-electron chi connectivity index (χ1n) is 8.86. The Balaban J connectivity index is 1.87. The molecule has 0 aliphatic rings. The highest BCUT2D eigenvalue weighted by molar-refractivity contribution is 6.33. The first-order chi connectivity index (χ1) is 12.5. The van der Waals surface area contributed by atoms with Crippen molar-refractivity contribution in [2.75, 3.05) is 6.54 Å². The maximum absolute atomic E-state index is 12.5. The summed E-state index contributed by atoms with van der Waals surface area (Å²) >= 11 is 6.06. The Morgan fingerprint density at radius 2 is 1.65 bits per heavy atom. The van der Waals surface area contributed by atoms with Gasteiger partial charge in [-0.15, -0.1) is 0 Å². The summed E-state index contributed by atoms with van der Waals surface area (Å²) in [6.45, 7) is 4.38. The van der Waals surface area contributed by atoms with Crippen LogP contribution < -0.4 is 10.6 Å². The molecule has 2 aromatic rings. The maximum atomic E-state index is 12.5. The lowest BCUT2D eigenvalue weighted by molar-refractivity contribution is -0.123. The largest absolute Gasteiger partial charge is 0.354 e. The Morgan fingerprint density at radius 1 is 1.00 bits per heavy atom. The molecule has 0 saturated heterocycles. The summed E-state index contributed by atoms with van der Waals surface area (Å²) in [5.74, 6) is -0.544. The van der Waals surface area contributed by atoms with Gasteiger partial charge in [0.15, 0.2) is 0 Å². The van der Waals surface area contributed by atoms with Gasteiger partial charge in [-0.2, -0.15) is 0 Å². The lowest BCUT2D eigenvalue weighted by Gasteiger charge is -2.22. The lowest BCUT2D eigenvalue weighted by Crippen LogP contribution is -2.50. The zero-order chi connectivity index (χ0) is 18.9. The third kappa shape index (κ3) is 5.88. The molecule has 4 nitrogen and oxygen atoms in total. The van der Waals surface area contributed by atoms with Gasteiger partial charge in [-0.05, 0) is 36.5 Å². The lowest BCUT2D eigenvalue weighted by atomic mass is 10.0. The summed E-state index contributed by atoms with van der Waals surface area (Å²) in [4.78, 5) is 24.9. The molecule has 0 saturated carbocycles. The third-order valence-corrected chi connectivity index (χ3v) is 4.47. The van der Waals surface area contributed by atoms with E-state index in [-0.39, 0.29) is 17.7 Å². The van der Waals surface area contributed by atoms with Crippen molar-refractivity contribution < 1.29 is 9.59 Å². The Morgan fingerprint density at radius 3 is 2.31 bits per heavy atom. The van der Waals surface area contributed by atoms with Crippen LogP contribution in [-0.4, -0.2) is 24.4 Å². The average Bonchev–Trinajstić information content (AvgIpc) is 2.64. The SMILES string of the molecule is CC(C)C(NC(=O)c1ccccc1Cl)C(=O)NCCCc1ccccc1. The number of aryl methyl sites for hydroxylation is 1. The Kier molecular flexibility index (Phi) is 7.67. The second kappa shape index (κ2) is 9.97. The first kappa shape index (κ1) is 20.0. The molecule has 0 aliphatic heterocycles. The van der Waals surface area contributed by atoms with Gasteiger partial charge in [-0.25, -0.2) is 0 Å². The fourth-order valence-electron chi connectivity index (χ4n) is 2.66. The quantitative estimate of drug-likeness (QED) is 0.691. The normalized spacial score (nSPS) is 11.8. The van der Waals surface area contributed by atoms with E-state index in [1.54, 1.807) is 24.3 Å². The number of nitrogens with one attached hydrogen (secondary N) is 2. The van der Waals surface area contributed by atoms with Crippen LogP contribution in [0.25, 0.3) is 0 Å². The first-order valence-corrected chi connectivity index (χ1v) is 9.24. The van der Waals surface area contributed by atoms with E-state index in [4.69, 9.17) is 11.6 Å². The molecule has 0 spiro atoms. The number of hydrogen-bond acceptors (Lipinski definition) is 2. The molecule has 0 heterocycles. The van der Waals surface area contributed by atoms with Crippen molar-refractivity contribution in [2.24, 2.45) is 5.92 Å². The molecule has 0 bridgehead atoms. The molecule has 26 heavy (non-hydrogen) atoms. The number of carbonyl (C=O) groups excluding carboxylic acids is 2. The maximum Gasteiger partial charge on any atom is 0.253 e. The van der Waals surface area contributed by atoms with Crippen LogP contribution in [-0.2, 0) is 11.2 Å². The van der Waals surface area contributed by atoms with Crippen LogP contribution in [0.3, 0.4) is 0 Å². The predicted octanol–water partition coefficient (Wildman–Crippen LogP) is 3.84. The number of hydrogen-bond donors (Lipinski definition) is 2. The Bertz CT molecular complexity index is 732. The minimum Gasteiger partial charge on any atom is -0.354 e. The van der Waals surface area contributed by atoms with Crippen LogP contribution in [0.1, 0.15) is 36.2 Å². The summed E-state index contributed by atoms with van der Waals surface area (Å²) < 4.78 is 0. The van der Waals surface area contributed by atoms with Gasteiger partial charge >= 0.3 is 0 Å². The van der Waals surface area contributed by atoms with Gasteiger partial charge in [-0.3, -0.25) is 9.59 Å². The zero-order valence-electron chi connectivity index (χ0n) is 15.2. The van der Waals surface area contributed by atoms with E-state index >= 15 is 0 Å². The second-order valence-electron chi connectivity index (χ2n) is 6.56. The van der Waals surface area contributed by atoms with Crippen LogP contribution in [0.2, 0.25) is 5.02 Å². The molecular weight excluding hydrogens is 348 g/mol. The molecule has 2 amide bonds. The molecule has 2 N–H and O–H groups in total. The molecule has 0 fully saturated rings. The van der Waals surface area contributed by atoms with Gasteiger partial charge in [0.05, 0.1) is 10.6 Å². The molecule has 0 radical (unpaired) electrons. The fraction of sp³-hybridized carbons (Fsp3) is 0.333. The summed E-state index contributed by atoms with van der Waals surface area (Å²) in [5, 5.41) is 6.09. The van der Waals surface area contributed by atoms with E-state index < -0.39 is 6.04 Å². The van der Waals surface area contributed by atoms with Gasteiger partial charge in [0.1, 0.15) is 6.04 Å². The molecule has 0 aromatic heterocycles. The highest BCUT2D eigenvalue weighted by Gasteiger charge is 2.25. The number of halogens is 1. The number of rotatable bonds is 8. The van der Waals surface area contributed by atoms with Crippen molar-refractivity contribution in [1.82, 2.24) is 10.6 Å². The molecule has 2 rings (SSSR count). The highest BCUT2D eigenvalue weighted by atomic mass is 35.5. The Hall–Kier alpha value is -2.33. The number of amides is 2.